The number of hydrogen-bond donors (Lipinski definition) is 2. The number of hydrogen-bond acceptors (Lipinski definition) is 4. The van der Waals surface area contributed by atoms with E-state index in [2.05, 4.69) is 10.1 Å². The van der Waals surface area contributed by atoms with Crippen molar-refractivity contribution in [1.29, 1.82) is 0 Å². The first kappa shape index (κ1) is 14.0. The Morgan fingerprint density at radius 2 is 1.76 bits per heavy atom. The van der Waals surface area contributed by atoms with Crippen LogP contribution < -0.4 is 11.1 Å². The van der Waals surface area contributed by atoms with Crippen LogP contribution in [-0.2, 0) is 14.3 Å². The number of carbonyl (C=O) groups is 2. The van der Waals surface area contributed by atoms with E-state index in [-0.39, 0.29) is 5.91 Å². The number of nitrogens with one attached hydrogen (secondary N) is 1. The molecule has 0 aromatic heterocycles. The van der Waals surface area contributed by atoms with Crippen LogP contribution in [0.2, 0.25) is 0 Å². The molecule has 0 heterocycles. The van der Waals surface area contributed by atoms with Crippen LogP contribution in [0, 0.1) is 0 Å². The quantitative estimate of drug-likeness (QED) is 0.714. The van der Waals surface area contributed by atoms with Gasteiger partial charge < -0.3 is 15.8 Å². The van der Waals surface area contributed by atoms with Crippen molar-refractivity contribution in [3.05, 3.63) is 0 Å². The number of nitrogens with two attached hydrogens (primary N) is 1. The van der Waals surface area contributed by atoms with E-state index in [0.29, 0.717) is 12.8 Å². The van der Waals surface area contributed by atoms with Crippen LogP contribution in [0.25, 0.3) is 0 Å². The molecular formula is C12H22N2O3. The highest BCUT2D eigenvalue weighted by Crippen LogP contribution is 2.26. The molecule has 0 bridgehead atoms. The summed E-state index contributed by atoms with van der Waals surface area (Å²) in [5, 5.41) is 2.68. The summed E-state index contributed by atoms with van der Waals surface area (Å²) in [5.41, 5.74) is 4.23. The van der Waals surface area contributed by atoms with E-state index in [1.165, 1.54) is 7.11 Å². The monoisotopic (exact) mass is 242 g/mol. The summed E-state index contributed by atoms with van der Waals surface area (Å²) in [4.78, 5) is 23.6. The van der Waals surface area contributed by atoms with Gasteiger partial charge in [0.2, 0.25) is 5.91 Å². The predicted octanol–water partition coefficient (Wildman–Crippen LogP) is 0.716. The molecule has 0 spiro atoms. The molecule has 1 aliphatic rings. The lowest BCUT2D eigenvalue weighted by Crippen LogP contribution is -2.61. The van der Waals surface area contributed by atoms with Gasteiger partial charge in [-0.2, -0.15) is 0 Å². The zero-order valence-corrected chi connectivity index (χ0v) is 10.8. The van der Waals surface area contributed by atoms with Gasteiger partial charge in [-0.1, -0.05) is 19.3 Å². The summed E-state index contributed by atoms with van der Waals surface area (Å²) >= 11 is 0. The highest BCUT2D eigenvalue weighted by Gasteiger charge is 2.40. The van der Waals surface area contributed by atoms with Gasteiger partial charge in [0.15, 0.2) is 0 Å². The van der Waals surface area contributed by atoms with E-state index >= 15 is 0 Å². The Labute approximate surface area is 102 Å². The molecule has 3 N–H and O–H groups in total. The average molecular weight is 242 g/mol. The number of carbonyl (C=O) groups excluding carboxylic acids is 2. The third-order valence-corrected chi connectivity index (χ3v) is 3.32. The highest BCUT2D eigenvalue weighted by atomic mass is 16.5. The zero-order chi connectivity index (χ0) is 13.1. The Hall–Kier alpha value is -1.10. The van der Waals surface area contributed by atoms with Crippen molar-refractivity contribution in [2.24, 2.45) is 5.73 Å². The predicted molar refractivity (Wildman–Crippen MR) is 64.2 cm³/mol. The molecule has 0 unspecified atom stereocenters. The van der Waals surface area contributed by atoms with Crippen molar-refractivity contribution in [1.82, 2.24) is 5.32 Å². The fourth-order valence-electron chi connectivity index (χ4n) is 2.12. The van der Waals surface area contributed by atoms with Crippen LogP contribution in [0.15, 0.2) is 0 Å². The maximum Gasteiger partial charge on any atom is 0.330 e. The molecular weight excluding hydrogens is 220 g/mol. The Bertz CT molecular complexity index is 307. The van der Waals surface area contributed by atoms with Crippen LogP contribution in [0.4, 0.5) is 0 Å². The van der Waals surface area contributed by atoms with Gasteiger partial charge in [0, 0.05) is 0 Å². The molecule has 1 aliphatic carbocycles. The summed E-state index contributed by atoms with van der Waals surface area (Å²) in [7, 11) is 1.30. The third kappa shape index (κ3) is 3.19. The SMILES string of the molecule is COC(=O)C(C)(C)NC(=O)C1(N)CCCCC1. The van der Waals surface area contributed by atoms with E-state index in [9.17, 15) is 9.59 Å². The largest absolute Gasteiger partial charge is 0.467 e. The van der Waals surface area contributed by atoms with Crippen molar-refractivity contribution in [3.63, 3.8) is 0 Å². The summed E-state index contributed by atoms with van der Waals surface area (Å²) < 4.78 is 4.64. The molecule has 0 atom stereocenters. The van der Waals surface area contributed by atoms with Crippen LogP contribution in [0.1, 0.15) is 46.0 Å². The maximum absolute atomic E-state index is 12.1. The molecule has 0 saturated heterocycles. The van der Waals surface area contributed by atoms with Crippen LogP contribution >= 0.6 is 0 Å². The Morgan fingerprint density at radius 3 is 2.24 bits per heavy atom. The number of methoxy groups -OCH3 is 1. The number of ether oxygens (including phenoxy) is 1. The summed E-state index contributed by atoms with van der Waals surface area (Å²) in [6.45, 7) is 3.23. The standard InChI is InChI=1S/C12H22N2O3/c1-11(2,10(16)17-3)14-9(15)12(13)7-5-4-6-8-12/h4-8,13H2,1-3H3,(H,14,15). The molecule has 17 heavy (non-hydrogen) atoms. The van der Waals surface area contributed by atoms with Crippen molar-refractivity contribution in [3.8, 4) is 0 Å². The maximum atomic E-state index is 12.1. The third-order valence-electron chi connectivity index (χ3n) is 3.32. The minimum atomic E-state index is -1.03. The second kappa shape index (κ2) is 5.04. The first-order chi connectivity index (χ1) is 7.82. The zero-order valence-electron chi connectivity index (χ0n) is 10.8. The first-order valence-corrected chi connectivity index (χ1v) is 6.02. The Kier molecular flexibility index (Phi) is 4.14. The number of rotatable bonds is 3. The molecule has 0 radical (unpaired) electrons. The molecule has 1 saturated carbocycles. The fourth-order valence-corrected chi connectivity index (χ4v) is 2.12. The van der Waals surface area contributed by atoms with Crippen LogP contribution in [0.3, 0.4) is 0 Å². The van der Waals surface area contributed by atoms with Crippen molar-refractivity contribution >= 4 is 11.9 Å². The molecule has 5 heteroatoms. The van der Waals surface area contributed by atoms with Gasteiger partial charge in [0.1, 0.15) is 5.54 Å². The van der Waals surface area contributed by atoms with Crippen molar-refractivity contribution in [2.45, 2.75) is 57.0 Å². The van der Waals surface area contributed by atoms with Crippen LogP contribution in [0.5, 0.6) is 0 Å². The van der Waals surface area contributed by atoms with E-state index in [1.807, 2.05) is 0 Å². The smallest absolute Gasteiger partial charge is 0.330 e. The lowest BCUT2D eigenvalue weighted by Gasteiger charge is -2.35. The molecule has 0 aromatic rings. The van der Waals surface area contributed by atoms with Crippen molar-refractivity contribution in [2.75, 3.05) is 7.11 Å². The number of esters is 1. The van der Waals surface area contributed by atoms with Gasteiger partial charge in [0.05, 0.1) is 12.6 Å². The summed E-state index contributed by atoms with van der Waals surface area (Å²) in [6.07, 6.45) is 4.39. The minimum Gasteiger partial charge on any atom is -0.467 e. The second-order valence-electron chi connectivity index (χ2n) is 5.29. The van der Waals surface area contributed by atoms with E-state index < -0.39 is 17.0 Å². The molecule has 5 nitrogen and oxygen atoms in total. The molecule has 1 amide bonds. The molecule has 0 aromatic carbocycles. The van der Waals surface area contributed by atoms with Crippen molar-refractivity contribution < 1.29 is 14.3 Å². The Balaban J connectivity index is 2.68. The molecule has 98 valence electrons. The molecule has 0 aliphatic heterocycles. The van der Waals surface area contributed by atoms with Gasteiger partial charge in [-0.25, -0.2) is 4.79 Å². The minimum absolute atomic E-state index is 0.257. The van der Waals surface area contributed by atoms with E-state index in [0.717, 1.165) is 19.3 Å². The van der Waals surface area contributed by atoms with E-state index in [4.69, 9.17) is 5.73 Å². The topological polar surface area (TPSA) is 81.4 Å². The van der Waals surface area contributed by atoms with Gasteiger partial charge in [-0.3, -0.25) is 4.79 Å². The van der Waals surface area contributed by atoms with Gasteiger partial charge in [-0.05, 0) is 26.7 Å². The lowest BCUT2D eigenvalue weighted by atomic mass is 9.81. The van der Waals surface area contributed by atoms with Gasteiger partial charge in [0.25, 0.3) is 0 Å². The lowest BCUT2D eigenvalue weighted by molar-refractivity contribution is -0.150. The van der Waals surface area contributed by atoms with Crippen LogP contribution in [-0.4, -0.2) is 30.1 Å². The average Bonchev–Trinajstić information content (AvgIpc) is 2.28. The van der Waals surface area contributed by atoms with Gasteiger partial charge in [-0.15, -0.1) is 0 Å². The second-order valence-corrected chi connectivity index (χ2v) is 5.29. The summed E-state index contributed by atoms with van der Waals surface area (Å²) in [6, 6.07) is 0. The first-order valence-electron chi connectivity index (χ1n) is 6.02. The fraction of sp³-hybridized carbons (Fsp3) is 0.833. The summed E-state index contributed by atoms with van der Waals surface area (Å²) in [5.74, 6) is -0.724. The highest BCUT2D eigenvalue weighted by molar-refractivity contribution is 5.92. The number of amides is 1. The van der Waals surface area contributed by atoms with Gasteiger partial charge >= 0.3 is 5.97 Å². The molecule has 1 rings (SSSR count). The molecule has 1 fully saturated rings. The Morgan fingerprint density at radius 1 is 1.24 bits per heavy atom. The normalized spacial score (nSPS) is 19.5. The van der Waals surface area contributed by atoms with E-state index in [1.54, 1.807) is 13.8 Å².